The number of imidazole rings is 2. The van der Waals surface area contributed by atoms with E-state index < -0.39 is 0 Å². The molecule has 12 rings (SSSR count). The second-order valence-electron chi connectivity index (χ2n) is 16.0. The molecule has 0 aliphatic rings. The maximum Gasteiger partial charge on any atom is 0.159 e. The molecular formula is C48H36N14S2. The van der Waals surface area contributed by atoms with Gasteiger partial charge in [0.05, 0.1) is 52.0 Å². The van der Waals surface area contributed by atoms with Gasteiger partial charge in [-0.25, -0.2) is 9.97 Å². The standard InChI is InChI=1S/C48H36N14S2/c1-23-5-8-40(63-23)35-19-52-21-38-43(35)56-48(55-38)46-34-13-26(27-9-29(49)17-50-15-27)12-32(42(34)59-61-46)31-14-41(64-24(31)2)36-20-53-22-39-44(36)57-47(54-39)45-33-11-25(6-7-37(33)58-60-45)28-10-30(62(3)4)18-51-16-28/h5-22H,49H2,1-4H3,(H,54,57)(H,55,56)(H,58,60)(H,59,61). The number of hydrogen-bond donors (Lipinski definition) is 5. The summed E-state index contributed by atoms with van der Waals surface area (Å²) in [6.07, 6.45) is 14.6. The first-order valence-electron chi connectivity index (χ1n) is 20.4. The molecule has 0 aliphatic heterocycles. The molecule has 0 spiro atoms. The molecule has 6 N–H and O–H groups in total. The minimum Gasteiger partial charge on any atom is -0.397 e. The number of aromatic amines is 4. The smallest absolute Gasteiger partial charge is 0.159 e. The minimum atomic E-state index is 0.580. The van der Waals surface area contributed by atoms with Gasteiger partial charge in [0.2, 0.25) is 0 Å². The molecule has 16 heteroatoms. The van der Waals surface area contributed by atoms with Crippen LogP contribution in [0.15, 0.2) is 110 Å². The van der Waals surface area contributed by atoms with Crippen molar-refractivity contribution in [3.8, 4) is 77.3 Å². The average Bonchev–Trinajstić information content (AvgIpc) is 4.17. The van der Waals surface area contributed by atoms with Gasteiger partial charge in [0, 0.05) is 103 Å². The molecule has 0 bridgehead atoms. The number of benzene rings is 2. The first kappa shape index (κ1) is 37.7. The van der Waals surface area contributed by atoms with Crippen molar-refractivity contribution < 1.29 is 0 Å². The Bertz CT molecular complexity index is 3790. The van der Waals surface area contributed by atoms with Gasteiger partial charge in [-0.1, -0.05) is 6.07 Å². The molecule has 0 amide bonds. The molecule has 0 saturated heterocycles. The van der Waals surface area contributed by atoms with Gasteiger partial charge >= 0.3 is 0 Å². The number of rotatable bonds is 8. The number of anilines is 2. The number of pyridine rings is 4. The van der Waals surface area contributed by atoms with Crippen LogP contribution in [0.25, 0.3) is 121 Å². The maximum atomic E-state index is 6.28. The zero-order chi connectivity index (χ0) is 43.2. The van der Waals surface area contributed by atoms with Crippen molar-refractivity contribution in [1.29, 1.82) is 0 Å². The number of nitrogens with zero attached hydrogens (tertiary/aromatic N) is 9. The lowest BCUT2D eigenvalue weighted by atomic mass is 9.96. The fourth-order valence-electron chi connectivity index (χ4n) is 8.41. The second kappa shape index (κ2) is 14.5. The lowest BCUT2D eigenvalue weighted by molar-refractivity contribution is 1.11. The summed E-state index contributed by atoms with van der Waals surface area (Å²) in [4.78, 5) is 42.0. The number of aromatic nitrogens is 12. The van der Waals surface area contributed by atoms with E-state index in [1.165, 1.54) is 4.88 Å². The van der Waals surface area contributed by atoms with Crippen LogP contribution in [0.2, 0.25) is 0 Å². The van der Waals surface area contributed by atoms with E-state index in [1.807, 2.05) is 74.5 Å². The summed E-state index contributed by atoms with van der Waals surface area (Å²) >= 11 is 3.41. The SMILES string of the molecule is Cc1ccc(-c2cncc3[nH]c(-c4n[nH]c5c(-c6cc(-c7cncc8[nH]c(-c9n[nH]c%10ccc(-c%11cncc(N(C)C)c%11)cc9%10)nc78)sc6C)cc(-c6cncc(N)c6)cc45)nc23)s1. The Labute approximate surface area is 372 Å². The van der Waals surface area contributed by atoms with Crippen LogP contribution in [-0.4, -0.2) is 74.4 Å². The third-order valence-electron chi connectivity index (χ3n) is 11.6. The monoisotopic (exact) mass is 872 g/mol. The summed E-state index contributed by atoms with van der Waals surface area (Å²) < 4.78 is 0. The Morgan fingerprint density at radius 3 is 1.92 bits per heavy atom. The van der Waals surface area contributed by atoms with Crippen LogP contribution >= 0.6 is 22.7 Å². The Morgan fingerprint density at radius 2 is 1.20 bits per heavy atom. The molecule has 64 heavy (non-hydrogen) atoms. The van der Waals surface area contributed by atoms with Crippen LogP contribution in [0.5, 0.6) is 0 Å². The first-order chi connectivity index (χ1) is 31.2. The van der Waals surface area contributed by atoms with E-state index in [-0.39, 0.29) is 0 Å². The van der Waals surface area contributed by atoms with Gasteiger partial charge in [-0.3, -0.25) is 30.1 Å². The Balaban J connectivity index is 0.967. The number of nitrogens with two attached hydrogens (primary N) is 1. The van der Waals surface area contributed by atoms with Crippen LogP contribution in [0.4, 0.5) is 11.4 Å². The molecule has 12 aromatic rings. The molecule has 10 heterocycles. The van der Waals surface area contributed by atoms with E-state index >= 15 is 0 Å². The van der Waals surface area contributed by atoms with Gasteiger partial charge in [0.1, 0.15) is 22.4 Å². The van der Waals surface area contributed by atoms with E-state index in [9.17, 15) is 0 Å². The van der Waals surface area contributed by atoms with Crippen molar-refractivity contribution in [3.05, 3.63) is 120 Å². The van der Waals surface area contributed by atoms with Crippen LogP contribution in [0, 0.1) is 13.8 Å². The summed E-state index contributed by atoms with van der Waals surface area (Å²) in [6, 6.07) is 21.1. The van der Waals surface area contributed by atoms with Crippen molar-refractivity contribution in [2.45, 2.75) is 13.8 Å². The summed E-state index contributed by atoms with van der Waals surface area (Å²) in [7, 11) is 4.02. The molecule has 0 fully saturated rings. The quantitative estimate of drug-likeness (QED) is 0.0980. The predicted molar refractivity (Wildman–Crippen MR) is 258 cm³/mol. The van der Waals surface area contributed by atoms with Gasteiger partial charge in [-0.15, -0.1) is 22.7 Å². The number of aryl methyl sites for hydroxylation is 2. The molecule has 10 aromatic heterocycles. The van der Waals surface area contributed by atoms with Crippen molar-refractivity contribution in [3.63, 3.8) is 0 Å². The molecule has 0 aliphatic carbocycles. The zero-order valence-electron chi connectivity index (χ0n) is 34.8. The van der Waals surface area contributed by atoms with Crippen molar-refractivity contribution in [2.24, 2.45) is 0 Å². The fraction of sp³-hybridized carbons (Fsp3) is 0.0833. The highest BCUT2D eigenvalue weighted by molar-refractivity contribution is 7.16. The van der Waals surface area contributed by atoms with Crippen LogP contribution in [0.3, 0.4) is 0 Å². The summed E-state index contributed by atoms with van der Waals surface area (Å²) in [5.74, 6) is 1.29. The van der Waals surface area contributed by atoms with Gasteiger partial charge in [0.25, 0.3) is 0 Å². The van der Waals surface area contributed by atoms with E-state index in [0.717, 1.165) is 114 Å². The van der Waals surface area contributed by atoms with Crippen molar-refractivity contribution >= 4 is 77.9 Å². The Hall–Kier alpha value is -8.08. The molecule has 0 atom stereocenters. The van der Waals surface area contributed by atoms with Crippen LogP contribution in [-0.2, 0) is 0 Å². The van der Waals surface area contributed by atoms with E-state index in [0.29, 0.717) is 23.0 Å². The lowest BCUT2D eigenvalue weighted by Crippen LogP contribution is -2.08. The molecule has 0 unspecified atom stereocenters. The average molecular weight is 873 g/mol. The predicted octanol–water partition coefficient (Wildman–Crippen LogP) is 10.8. The van der Waals surface area contributed by atoms with Gasteiger partial charge in [-0.05, 0) is 85.1 Å². The summed E-state index contributed by atoms with van der Waals surface area (Å²) in [5, 5.41) is 18.1. The number of fused-ring (bicyclic) bond motifs is 4. The Morgan fingerprint density at radius 1 is 0.531 bits per heavy atom. The minimum absolute atomic E-state index is 0.580. The highest BCUT2D eigenvalue weighted by atomic mass is 32.1. The van der Waals surface area contributed by atoms with Crippen molar-refractivity contribution in [1.82, 2.24) is 60.3 Å². The molecule has 0 saturated carbocycles. The maximum absolute atomic E-state index is 6.28. The lowest BCUT2D eigenvalue weighted by Gasteiger charge is -2.13. The Kier molecular flexibility index (Phi) is 8.54. The summed E-state index contributed by atoms with van der Waals surface area (Å²) in [5.41, 5.74) is 22.2. The zero-order valence-corrected chi connectivity index (χ0v) is 36.4. The number of nitrogen functional groups attached to an aromatic ring is 1. The molecule has 14 nitrogen and oxygen atoms in total. The third-order valence-corrected chi connectivity index (χ3v) is 13.7. The number of hydrogen-bond acceptors (Lipinski definition) is 12. The first-order valence-corrected chi connectivity index (χ1v) is 22.1. The number of nitrogens with one attached hydrogen (secondary N) is 4. The molecule has 310 valence electrons. The highest BCUT2D eigenvalue weighted by Crippen LogP contribution is 2.44. The highest BCUT2D eigenvalue weighted by Gasteiger charge is 2.23. The van der Waals surface area contributed by atoms with Crippen LogP contribution < -0.4 is 10.6 Å². The van der Waals surface area contributed by atoms with Gasteiger partial charge in [-0.2, -0.15) is 10.2 Å². The molecular weight excluding hydrogens is 837 g/mol. The fourth-order valence-corrected chi connectivity index (χ4v) is 10.3. The number of thiophene rings is 2. The third kappa shape index (κ3) is 6.21. The second-order valence-corrected chi connectivity index (χ2v) is 18.6. The van der Waals surface area contributed by atoms with E-state index in [2.05, 4.69) is 102 Å². The van der Waals surface area contributed by atoms with Gasteiger partial charge in [0.15, 0.2) is 11.6 Å². The van der Waals surface area contributed by atoms with Crippen LogP contribution in [0.1, 0.15) is 9.75 Å². The van der Waals surface area contributed by atoms with E-state index in [4.69, 9.17) is 25.9 Å². The normalized spacial score (nSPS) is 11.8. The largest absolute Gasteiger partial charge is 0.397 e. The van der Waals surface area contributed by atoms with Crippen molar-refractivity contribution in [2.75, 3.05) is 24.7 Å². The van der Waals surface area contributed by atoms with E-state index in [1.54, 1.807) is 28.9 Å². The topological polar surface area (TPSA) is 196 Å². The molecule has 2 aromatic carbocycles. The number of H-pyrrole nitrogens is 4. The summed E-state index contributed by atoms with van der Waals surface area (Å²) in [6.45, 7) is 4.24. The van der Waals surface area contributed by atoms with Gasteiger partial charge < -0.3 is 20.6 Å². The molecule has 0 radical (unpaired) electrons.